The van der Waals surface area contributed by atoms with E-state index in [9.17, 15) is 14.9 Å². The lowest BCUT2D eigenvalue weighted by Gasteiger charge is -2.59. The number of amides is 2. The van der Waals surface area contributed by atoms with Crippen LogP contribution in [0, 0.1) is 34.5 Å². The molecule has 28 heavy (non-hydrogen) atoms. The molecule has 6 nitrogen and oxygen atoms in total. The number of nitriles is 1. The maximum absolute atomic E-state index is 13.1. The van der Waals surface area contributed by atoms with Crippen LogP contribution in [0.2, 0.25) is 0 Å². The summed E-state index contributed by atoms with van der Waals surface area (Å²) in [7, 11) is 0. The van der Waals surface area contributed by atoms with Crippen LogP contribution in [-0.4, -0.2) is 23.5 Å². The molecular formula is C22H27N3O3. The smallest absolute Gasteiger partial charge is 0.263 e. The summed E-state index contributed by atoms with van der Waals surface area (Å²) in [5.41, 5.74) is 4.68. The van der Waals surface area contributed by atoms with Crippen molar-refractivity contribution in [2.24, 2.45) is 28.9 Å². The Balaban J connectivity index is 1.48. The monoisotopic (exact) mass is 381 g/mol. The molecule has 2 atom stereocenters. The molecule has 148 valence electrons. The SMILES string of the molecule is CC(C)(Oc1ccccc1C#N)C(=O)NC1C2CC3CC1CC(C(N)=O)(C3)C2. The van der Waals surface area contributed by atoms with Crippen molar-refractivity contribution in [2.75, 3.05) is 0 Å². The lowest BCUT2D eigenvalue weighted by Crippen LogP contribution is -2.63. The van der Waals surface area contributed by atoms with Gasteiger partial charge in [-0.15, -0.1) is 0 Å². The first kappa shape index (κ1) is 18.8. The Morgan fingerprint density at radius 2 is 1.86 bits per heavy atom. The second-order valence-corrected chi connectivity index (χ2v) is 9.33. The summed E-state index contributed by atoms with van der Waals surface area (Å²) in [5, 5.41) is 12.5. The molecule has 4 saturated carbocycles. The molecule has 2 amide bonds. The molecule has 4 bridgehead atoms. The minimum absolute atomic E-state index is 0.0608. The zero-order valence-corrected chi connectivity index (χ0v) is 16.4. The number of nitrogens with two attached hydrogens (primary N) is 1. The first-order chi connectivity index (χ1) is 13.2. The number of para-hydroxylation sites is 1. The highest BCUT2D eigenvalue weighted by molar-refractivity contribution is 5.85. The highest BCUT2D eigenvalue weighted by Crippen LogP contribution is 2.59. The molecule has 0 radical (unpaired) electrons. The van der Waals surface area contributed by atoms with E-state index >= 15 is 0 Å². The Kier molecular flexibility index (Phi) is 4.37. The molecule has 5 rings (SSSR count). The van der Waals surface area contributed by atoms with Gasteiger partial charge in [0, 0.05) is 11.5 Å². The quantitative estimate of drug-likeness (QED) is 0.817. The fraction of sp³-hybridized carbons (Fsp3) is 0.591. The van der Waals surface area contributed by atoms with Gasteiger partial charge >= 0.3 is 0 Å². The van der Waals surface area contributed by atoms with Gasteiger partial charge in [0.15, 0.2) is 5.60 Å². The average Bonchev–Trinajstić information content (AvgIpc) is 2.64. The Bertz CT molecular complexity index is 841. The van der Waals surface area contributed by atoms with Gasteiger partial charge in [0.2, 0.25) is 5.91 Å². The topological polar surface area (TPSA) is 105 Å². The van der Waals surface area contributed by atoms with Crippen LogP contribution in [0.5, 0.6) is 5.75 Å². The third-order valence-corrected chi connectivity index (χ3v) is 7.01. The first-order valence-corrected chi connectivity index (χ1v) is 10.0. The van der Waals surface area contributed by atoms with E-state index in [1.165, 1.54) is 0 Å². The molecule has 0 saturated heterocycles. The van der Waals surface area contributed by atoms with Crippen LogP contribution in [0.1, 0.15) is 51.5 Å². The van der Waals surface area contributed by atoms with Crippen molar-refractivity contribution in [1.29, 1.82) is 5.26 Å². The fourth-order valence-electron chi connectivity index (χ4n) is 5.86. The molecule has 4 aliphatic carbocycles. The molecule has 2 unspecified atom stereocenters. The van der Waals surface area contributed by atoms with E-state index in [1.54, 1.807) is 38.1 Å². The number of benzene rings is 1. The van der Waals surface area contributed by atoms with Crippen LogP contribution in [0.4, 0.5) is 0 Å². The van der Waals surface area contributed by atoms with Crippen molar-refractivity contribution in [2.45, 2.75) is 57.6 Å². The maximum Gasteiger partial charge on any atom is 0.263 e. The highest BCUT2D eigenvalue weighted by Gasteiger charge is 2.58. The number of hydrogen-bond donors (Lipinski definition) is 2. The van der Waals surface area contributed by atoms with E-state index in [0.29, 0.717) is 29.1 Å². The number of hydrogen-bond acceptors (Lipinski definition) is 4. The molecule has 1 aromatic rings. The van der Waals surface area contributed by atoms with Gasteiger partial charge < -0.3 is 15.8 Å². The van der Waals surface area contributed by atoms with Gasteiger partial charge in [-0.3, -0.25) is 9.59 Å². The Hall–Kier alpha value is -2.55. The van der Waals surface area contributed by atoms with Gasteiger partial charge in [-0.1, -0.05) is 12.1 Å². The van der Waals surface area contributed by atoms with E-state index in [2.05, 4.69) is 11.4 Å². The van der Waals surface area contributed by atoms with Gasteiger partial charge in [-0.25, -0.2) is 0 Å². The third kappa shape index (κ3) is 3.03. The van der Waals surface area contributed by atoms with Crippen molar-refractivity contribution in [1.82, 2.24) is 5.32 Å². The number of primary amides is 1. The molecule has 6 heteroatoms. The predicted molar refractivity (Wildman–Crippen MR) is 103 cm³/mol. The van der Waals surface area contributed by atoms with Gasteiger partial charge in [-0.2, -0.15) is 5.26 Å². The predicted octanol–water partition coefficient (Wildman–Crippen LogP) is 2.51. The zero-order valence-electron chi connectivity index (χ0n) is 16.4. The van der Waals surface area contributed by atoms with Crippen LogP contribution in [0.3, 0.4) is 0 Å². The summed E-state index contributed by atoms with van der Waals surface area (Å²) in [6.45, 7) is 3.44. The molecule has 4 fully saturated rings. The largest absolute Gasteiger partial charge is 0.477 e. The van der Waals surface area contributed by atoms with Crippen molar-refractivity contribution >= 4 is 11.8 Å². The van der Waals surface area contributed by atoms with E-state index in [-0.39, 0.29) is 23.3 Å². The molecule has 4 aliphatic rings. The number of nitrogens with zero attached hydrogens (tertiary/aromatic N) is 1. The number of ether oxygens (including phenoxy) is 1. The summed E-state index contributed by atoms with van der Waals surface area (Å²) in [5.74, 6) is 1.18. The second kappa shape index (κ2) is 6.51. The minimum Gasteiger partial charge on any atom is -0.477 e. The van der Waals surface area contributed by atoms with E-state index in [0.717, 1.165) is 32.1 Å². The molecule has 0 heterocycles. The van der Waals surface area contributed by atoms with E-state index < -0.39 is 5.60 Å². The lowest BCUT2D eigenvalue weighted by atomic mass is 9.47. The molecule has 0 spiro atoms. The van der Waals surface area contributed by atoms with Gasteiger partial charge in [0.1, 0.15) is 11.8 Å². The Labute approximate surface area is 165 Å². The summed E-state index contributed by atoms with van der Waals surface area (Å²) >= 11 is 0. The van der Waals surface area contributed by atoms with Crippen LogP contribution in [0.25, 0.3) is 0 Å². The van der Waals surface area contributed by atoms with Crippen molar-refractivity contribution < 1.29 is 14.3 Å². The van der Waals surface area contributed by atoms with Gasteiger partial charge in [-0.05, 0) is 75.8 Å². The standard InChI is InChI=1S/C22H27N3O3/c1-21(2,28-17-6-4-3-5-14(17)12-23)20(27)25-18-15-7-13-8-16(18)11-22(9-13,10-15)19(24)26/h3-6,13,15-16,18H,7-11H2,1-2H3,(H2,24,26)(H,25,27). The zero-order chi connectivity index (χ0) is 20.1. The third-order valence-electron chi connectivity index (χ3n) is 7.01. The van der Waals surface area contributed by atoms with E-state index in [4.69, 9.17) is 10.5 Å². The van der Waals surface area contributed by atoms with Gasteiger partial charge in [0.05, 0.1) is 5.56 Å². The summed E-state index contributed by atoms with van der Waals surface area (Å²) in [4.78, 5) is 25.2. The maximum atomic E-state index is 13.1. The molecular weight excluding hydrogens is 354 g/mol. The molecule has 1 aromatic carbocycles. The summed E-state index contributed by atoms with van der Waals surface area (Å²) in [6.07, 6.45) is 4.57. The van der Waals surface area contributed by atoms with Gasteiger partial charge in [0.25, 0.3) is 5.91 Å². The fourth-order valence-corrected chi connectivity index (χ4v) is 5.86. The molecule has 0 aromatic heterocycles. The Morgan fingerprint density at radius 3 is 2.46 bits per heavy atom. The Morgan fingerprint density at radius 1 is 1.21 bits per heavy atom. The van der Waals surface area contributed by atoms with E-state index in [1.807, 2.05) is 0 Å². The highest BCUT2D eigenvalue weighted by atomic mass is 16.5. The minimum atomic E-state index is -1.11. The molecule has 0 aliphatic heterocycles. The van der Waals surface area contributed by atoms with Crippen LogP contribution in [0.15, 0.2) is 24.3 Å². The normalized spacial score (nSPS) is 33.2. The molecule has 3 N–H and O–H groups in total. The lowest BCUT2D eigenvalue weighted by molar-refractivity contribution is -0.150. The van der Waals surface area contributed by atoms with Crippen LogP contribution < -0.4 is 15.8 Å². The summed E-state index contributed by atoms with van der Waals surface area (Å²) < 4.78 is 5.93. The first-order valence-electron chi connectivity index (χ1n) is 10.0. The second-order valence-electron chi connectivity index (χ2n) is 9.33. The number of carbonyl (C=O) groups is 2. The average molecular weight is 381 g/mol. The van der Waals surface area contributed by atoms with Crippen molar-refractivity contribution in [3.63, 3.8) is 0 Å². The summed E-state index contributed by atoms with van der Waals surface area (Å²) in [6, 6.07) is 9.08. The van der Waals surface area contributed by atoms with Crippen molar-refractivity contribution in [3.8, 4) is 11.8 Å². The number of rotatable bonds is 5. The number of carbonyl (C=O) groups excluding carboxylic acids is 2. The van der Waals surface area contributed by atoms with Crippen LogP contribution in [-0.2, 0) is 9.59 Å². The number of nitrogens with one attached hydrogen (secondary N) is 1. The van der Waals surface area contributed by atoms with Crippen molar-refractivity contribution in [3.05, 3.63) is 29.8 Å². The van der Waals surface area contributed by atoms with Crippen LogP contribution >= 0.6 is 0 Å².